The van der Waals surface area contributed by atoms with E-state index >= 15 is 0 Å². The lowest BCUT2D eigenvalue weighted by atomic mass is 10.0. The van der Waals surface area contributed by atoms with Crippen LogP contribution in [0.15, 0.2) is 16.4 Å². The van der Waals surface area contributed by atoms with Crippen LogP contribution in [0.4, 0.5) is 0 Å². The smallest absolute Gasteiger partial charge is 0.352 e. The number of carboxylic acids is 1. The highest BCUT2D eigenvalue weighted by Crippen LogP contribution is 2.41. The second-order valence-electron chi connectivity index (χ2n) is 6.49. The third kappa shape index (κ3) is 5.51. The molecule has 17 heteroatoms. The zero-order valence-corrected chi connectivity index (χ0v) is 19.4. The molecule has 1 saturated heterocycles. The Balaban J connectivity index is 1.70. The van der Waals surface area contributed by atoms with Gasteiger partial charge >= 0.3 is 5.97 Å². The summed E-state index contributed by atoms with van der Waals surface area (Å²) < 4.78 is 23.6. The van der Waals surface area contributed by atoms with Crippen LogP contribution in [-0.2, 0) is 31.0 Å². The molecule has 31 heavy (non-hydrogen) atoms. The predicted molar refractivity (Wildman–Crippen MR) is 115 cm³/mol. The highest BCUT2D eigenvalue weighted by atomic mass is 32.2. The van der Waals surface area contributed by atoms with Gasteiger partial charge in [-0.2, -0.15) is 11.8 Å². The second kappa shape index (κ2) is 9.76. The summed E-state index contributed by atoms with van der Waals surface area (Å²) >= 11 is 3.81. The van der Waals surface area contributed by atoms with Crippen molar-refractivity contribution in [1.82, 2.24) is 30.4 Å². The summed E-state index contributed by atoms with van der Waals surface area (Å²) in [6, 6.07) is -0.751. The van der Waals surface area contributed by atoms with Crippen LogP contribution in [0, 0.1) is 0 Å². The number of carbonyl (C=O) groups is 3. The molecule has 1 unspecified atom stereocenters. The number of hydrogen-bond donors (Lipinski definition) is 3. The van der Waals surface area contributed by atoms with Crippen molar-refractivity contribution in [3.63, 3.8) is 0 Å². The standard InChI is InChI=1S/C14H19N7O6S4/c1-28-6-8(22)16-9-11(23)21-10(13(24)25)7(4-29-12(9)21)5-30-14-17-18-19-20(14)2-3-31(15,26)27/h9,12H,2-6H2,1H3,(H,16,22)(H,24,25)(H2,15,26,27)/t9?,12-/m1/s1. The Bertz CT molecular complexity index is 1030. The van der Waals surface area contributed by atoms with Gasteiger partial charge < -0.3 is 10.4 Å². The van der Waals surface area contributed by atoms with Gasteiger partial charge in [-0.15, -0.1) is 16.9 Å². The molecule has 1 aromatic rings. The number of aryl methyl sites for hydroxylation is 1. The molecule has 2 aliphatic heterocycles. The van der Waals surface area contributed by atoms with Crippen molar-refractivity contribution in [2.45, 2.75) is 23.1 Å². The maximum atomic E-state index is 12.5. The number of carboxylic acid groups (broad SMARTS) is 1. The molecule has 1 fully saturated rings. The largest absolute Gasteiger partial charge is 0.477 e. The minimum atomic E-state index is -3.69. The van der Waals surface area contributed by atoms with E-state index in [4.69, 9.17) is 5.14 Å². The fourth-order valence-corrected chi connectivity index (χ4v) is 6.11. The number of hydrogen-bond acceptors (Lipinski definition) is 11. The van der Waals surface area contributed by atoms with Gasteiger partial charge in [0, 0.05) is 11.5 Å². The fraction of sp³-hybridized carbons (Fsp3) is 0.571. The number of nitrogens with zero attached hydrogens (tertiary/aromatic N) is 5. The van der Waals surface area contributed by atoms with Crippen LogP contribution >= 0.6 is 35.3 Å². The molecule has 3 rings (SSSR count). The second-order valence-corrected chi connectivity index (χ2v) is 11.1. The summed E-state index contributed by atoms with van der Waals surface area (Å²) in [6.07, 6.45) is 1.77. The number of fused-ring (bicyclic) bond motifs is 1. The van der Waals surface area contributed by atoms with Crippen LogP contribution in [0.1, 0.15) is 0 Å². The van der Waals surface area contributed by atoms with Gasteiger partial charge in [0.15, 0.2) is 0 Å². The Morgan fingerprint density at radius 3 is 2.81 bits per heavy atom. The molecule has 0 aromatic carbocycles. The Morgan fingerprint density at radius 2 is 2.16 bits per heavy atom. The van der Waals surface area contributed by atoms with Crippen LogP contribution in [-0.4, -0.2) is 97.1 Å². The van der Waals surface area contributed by atoms with Crippen LogP contribution in [0.25, 0.3) is 0 Å². The van der Waals surface area contributed by atoms with E-state index in [0.717, 1.165) is 11.8 Å². The summed E-state index contributed by atoms with van der Waals surface area (Å²) in [4.78, 5) is 37.4. The quantitative estimate of drug-likeness (QED) is 0.236. The number of β-lactam (4-membered cyclic amide) rings is 1. The highest BCUT2D eigenvalue weighted by Gasteiger charge is 2.54. The van der Waals surface area contributed by atoms with E-state index in [1.807, 2.05) is 0 Å². The van der Waals surface area contributed by atoms with Crippen molar-refractivity contribution in [3.8, 4) is 0 Å². The summed E-state index contributed by atoms with van der Waals surface area (Å²) in [5.41, 5.74) is 0.391. The van der Waals surface area contributed by atoms with Crippen molar-refractivity contribution in [3.05, 3.63) is 11.3 Å². The van der Waals surface area contributed by atoms with Gasteiger partial charge in [0.05, 0.1) is 18.1 Å². The van der Waals surface area contributed by atoms with E-state index in [-0.39, 0.29) is 35.4 Å². The van der Waals surface area contributed by atoms with Gasteiger partial charge in [-0.05, 0) is 22.3 Å². The average Bonchev–Trinajstić information content (AvgIpc) is 3.15. The zero-order valence-electron chi connectivity index (χ0n) is 16.1. The maximum Gasteiger partial charge on any atom is 0.352 e. The minimum Gasteiger partial charge on any atom is -0.477 e. The first-order chi connectivity index (χ1) is 14.6. The molecule has 13 nitrogen and oxygen atoms in total. The Kier molecular flexibility index (Phi) is 7.51. The molecule has 0 saturated carbocycles. The molecule has 0 aliphatic carbocycles. The number of rotatable bonds is 10. The monoisotopic (exact) mass is 509 g/mol. The number of aromatic nitrogens is 4. The number of nitrogens with two attached hydrogens (primary N) is 1. The predicted octanol–water partition coefficient (Wildman–Crippen LogP) is -1.84. The van der Waals surface area contributed by atoms with Crippen LogP contribution in [0.2, 0.25) is 0 Å². The van der Waals surface area contributed by atoms with E-state index in [1.54, 1.807) is 6.26 Å². The molecule has 0 bridgehead atoms. The average molecular weight is 510 g/mol. The van der Waals surface area contributed by atoms with Gasteiger partial charge in [0.1, 0.15) is 17.1 Å². The van der Waals surface area contributed by atoms with Crippen molar-refractivity contribution < 1.29 is 27.9 Å². The first-order valence-electron chi connectivity index (χ1n) is 8.70. The van der Waals surface area contributed by atoms with Crippen molar-refractivity contribution >= 4 is 63.1 Å². The number of sulfonamides is 1. The van der Waals surface area contributed by atoms with Gasteiger partial charge in [-0.1, -0.05) is 11.8 Å². The number of thioether (sulfide) groups is 3. The molecular weight excluding hydrogens is 490 g/mol. The molecule has 2 atom stereocenters. The van der Waals surface area contributed by atoms with Crippen molar-refractivity contribution in [1.29, 1.82) is 0 Å². The van der Waals surface area contributed by atoms with Gasteiger partial charge in [-0.3, -0.25) is 14.5 Å². The van der Waals surface area contributed by atoms with Gasteiger partial charge in [0.2, 0.25) is 21.1 Å². The van der Waals surface area contributed by atoms with Gasteiger partial charge in [0.25, 0.3) is 5.91 Å². The third-order valence-electron chi connectivity index (χ3n) is 4.30. The Labute approximate surface area is 190 Å². The Hall–Kier alpha value is -1.82. The summed E-state index contributed by atoms with van der Waals surface area (Å²) in [5, 5.41) is 28.2. The van der Waals surface area contributed by atoms with E-state index in [9.17, 15) is 27.9 Å². The lowest BCUT2D eigenvalue weighted by molar-refractivity contribution is -0.150. The van der Waals surface area contributed by atoms with Crippen molar-refractivity contribution in [2.24, 2.45) is 5.14 Å². The summed E-state index contributed by atoms with van der Waals surface area (Å²) in [5.74, 6) is -1.59. The highest BCUT2D eigenvalue weighted by molar-refractivity contribution is 8.01. The van der Waals surface area contributed by atoms with Gasteiger partial charge in [-0.25, -0.2) is 23.0 Å². The fourth-order valence-electron chi connectivity index (χ4n) is 2.95. The topological polar surface area (TPSA) is 190 Å². The van der Waals surface area contributed by atoms with E-state index < -0.39 is 33.3 Å². The SMILES string of the molecule is CSCC(=O)NC1C(=O)N2C(C(=O)O)=C(CSc3nnnn3CCS(N)(=O)=O)CS[C@H]12. The first-order valence-corrected chi connectivity index (χ1v) is 13.8. The zero-order chi connectivity index (χ0) is 22.8. The molecule has 0 spiro atoms. The van der Waals surface area contributed by atoms with Crippen LogP contribution in [0.3, 0.4) is 0 Å². The molecule has 170 valence electrons. The van der Waals surface area contributed by atoms with E-state index in [2.05, 4.69) is 20.8 Å². The lowest BCUT2D eigenvalue weighted by Crippen LogP contribution is -2.70. The Morgan fingerprint density at radius 1 is 1.42 bits per heavy atom. The summed E-state index contributed by atoms with van der Waals surface area (Å²) in [7, 11) is -3.69. The van der Waals surface area contributed by atoms with Crippen LogP contribution < -0.4 is 10.5 Å². The normalized spacial score (nSPS) is 21.0. The number of carbonyl (C=O) groups excluding carboxylic acids is 2. The molecule has 2 amide bonds. The molecular formula is C14H19N7O6S4. The number of aliphatic carboxylic acids is 1. The molecule has 0 radical (unpaired) electrons. The third-order valence-corrected chi connectivity index (χ3v) is 7.99. The number of nitrogens with one attached hydrogen (secondary N) is 1. The van der Waals surface area contributed by atoms with E-state index in [0.29, 0.717) is 16.5 Å². The number of tetrazole rings is 1. The lowest BCUT2D eigenvalue weighted by Gasteiger charge is -2.49. The molecule has 4 N–H and O–H groups in total. The van der Waals surface area contributed by atoms with Crippen LogP contribution in [0.5, 0.6) is 0 Å². The van der Waals surface area contributed by atoms with E-state index in [1.165, 1.54) is 33.1 Å². The molecule has 1 aromatic heterocycles. The van der Waals surface area contributed by atoms with Crippen molar-refractivity contribution in [2.75, 3.05) is 29.3 Å². The number of primary sulfonamides is 1. The molecule has 2 aliphatic rings. The molecule has 3 heterocycles. The summed E-state index contributed by atoms with van der Waals surface area (Å²) in [6.45, 7) is -0.0438. The minimum absolute atomic E-state index is 0.0438. The maximum absolute atomic E-state index is 12.5. The first kappa shape index (κ1) is 23.8. The number of amides is 2.